The number of carboxylic acids is 1. The highest BCUT2D eigenvalue weighted by Crippen LogP contribution is 2.35. The molecule has 3 aromatic rings. The first kappa shape index (κ1) is 17.8. The first-order valence-corrected chi connectivity index (χ1v) is 9.30. The molecule has 134 valence electrons. The molecule has 0 aliphatic heterocycles. The van der Waals surface area contributed by atoms with Crippen LogP contribution >= 0.6 is 0 Å². The Labute approximate surface area is 150 Å². The second kappa shape index (κ2) is 7.11. The van der Waals surface area contributed by atoms with Crippen LogP contribution in [0.5, 0.6) is 0 Å². The molecule has 2 aromatic carbocycles. The molecule has 0 aliphatic carbocycles. The Morgan fingerprint density at radius 1 is 1.04 bits per heavy atom. The second-order valence-electron chi connectivity index (χ2n) is 5.66. The van der Waals surface area contributed by atoms with Gasteiger partial charge in [0.05, 0.1) is 16.9 Å². The Hall–Kier alpha value is -2.97. The largest absolute Gasteiger partial charge is 0.481 e. The summed E-state index contributed by atoms with van der Waals surface area (Å²) in [6.07, 6.45) is 0.0626. The summed E-state index contributed by atoms with van der Waals surface area (Å²) in [6.45, 7) is 0. The van der Waals surface area contributed by atoms with Gasteiger partial charge in [0.25, 0.3) is 0 Å². The van der Waals surface area contributed by atoms with Crippen molar-refractivity contribution in [2.24, 2.45) is 5.14 Å². The molecule has 0 aliphatic rings. The molecular weight excluding hydrogens is 356 g/mol. The van der Waals surface area contributed by atoms with Crippen LogP contribution < -0.4 is 5.14 Å². The minimum absolute atomic E-state index is 0.00829. The molecule has 0 saturated heterocycles. The quantitative estimate of drug-likeness (QED) is 0.685. The van der Waals surface area contributed by atoms with E-state index < -0.39 is 16.0 Å². The zero-order chi connectivity index (χ0) is 18.7. The molecule has 0 bridgehead atoms. The van der Waals surface area contributed by atoms with Gasteiger partial charge in [-0.1, -0.05) is 47.6 Å². The number of hydrogen-bond acceptors (Lipinski definition) is 5. The number of sulfonamides is 1. The van der Waals surface area contributed by atoms with Gasteiger partial charge >= 0.3 is 5.97 Å². The summed E-state index contributed by atoms with van der Waals surface area (Å²) in [4.78, 5) is 10.9. The summed E-state index contributed by atoms with van der Waals surface area (Å²) in [6, 6.07) is 15.3. The third-order valence-corrected chi connectivity index (χ3v) is 4.78. The Bertz CT molecular complexity index is 1030. The van der Waals surface area contributed by atoms with Crippen LogP contribution in [-0.4, -0.2) is 24.7 Å². The lowest BCUT2D eigenvalue weighted by atomic mass is 9.97. The molecule has 0 spiro atoms. The van der Waals surface area contributed by atoms with Crippen LogP contribution in [-0.2, 0) is 21.2 Å². The molecule has 0 saturated carbocycles. The lowest BCUT2D eigenvalue weighted by molar-refractivity contribution is -0.137. The van der Waals surface area contributed by atoms with Gasteiger partial charge in [-0.05, 0) is 17.7 Å². The second-order valence-corrected chi connectivity index (χ2v) is 7.22. The normalized spacial score (nSPS) is 11.4. The average molecular weight is 372 g/mol. The lowest BCUT2D eigenvalue weighted by Crippen LogP contribution is -2.11. The van der Waals surface area contributed by atoms with Crippen LogP contribution in [0.1, 0.15) is 12.2 Å². The van der Waals surface area contributed by atoms with E-state index in [1.807, 2.05) is 30.3 Å². The minimum Gasteiger partial charge on any atom is -0.481 e. The fourth-order valence-electron chi connectivity index (χ4n) is 2.62. The molecule has 3 rings (SSSR count). The minimum atomic E-state index is -3.80. The molecule has 0 amide bonds. The van der Waals surface area contributed by atoms with Gasteiger partial charge < -0.3 is 9.63 Å². The highest BCUT2D eigenvalue weighted by molar-refractivity contribution is 7.89. The van der Waals surface area contributed by atoms with Crippen LogP contribution in [0.4, 0.5) is 0 Å². The summed E-state index contributed by atoms with van der Waals surface area (Å²) in [5, 5.41) is 18.2. The van der Waals surface area contributed by atoms with Gasteiger partial charge in [0, 0.05) is 12.0 Å². The predicted octanol–water partition coefficient (Wildman–Crippen LogP) is 2.67. The summed E-state index contributed by atoms with van der Waals surface area (Å²) in [5.74, 6) is -0.521. The van der Waals surface area contributed by atoms with Crippen LogP contribution in [0.25, 0.3) is 22.4 Å². The van der Waals surface area contributed by atoms with Gasteiger partial charge in [-0.25, -0.2) is 13.6 Å². The van der Waals surface area contributed by atoms with Crippen molar-refractivity contribution >= 4 is 16.0 Å². The topological polar surface area (TPSA) is 123 Å². The summed E-state index contributed by atoms with van der Waals surface area (Å²) in [5.41, 5.74) is 2.68. The van der Waals surface area contributed by atoms with Gasteiger partial charge in [0.2, 0.25) is 10.0 Å². The van der Waals surface area contributed by atoms with E-state index in [0.29, 0.717) is 22.6 Å². The Morgan fingerprint density at radius 3 is 2.27 bits per heavy atom. The summed E-state index contributed by atoms with van der Waals surface area (Å²) in [7, 11) is -3.80. The number of hydrogen-bond donors (Lipinski definition) is 2. The molecular formula is C18H16N2O5S. The van der Waals surface area contributed by atoms with Crippen molar-refractivity contribution in [3.05, 3.63) is 60.4 Å². The van der Waals surface area contributed by atoms with E-state index in [-0.39, 0.29) is 17.7 Å². The highest BCUT2D eigenvalue weighted by atomic mass is 32.2. The van der Waals surface area contributed by atoms with E-state index in [1.165, 1.54) is 12.1 Å². The predicted molar refractivity (Wildman–Crippen MR) is 94.7 cm³/mol. The number of rotatable bonds is 6. The zero-order valence-electron chi connectivity index (χ0n) is 13.6. The van der Waals surface area contributed by atoms with Crippen molar-refractivity contribution < 1.29 is 22.8 Å². The van der Waals surface area contributed by atoms with Crippen molar-refractivity contribution in [2.75, 3.05) is 0 Å². The van der Waals surface area contributed by atoms with E-state index >= 15 is 0 Å². The van der Waals surface area contributed by atoms with Crippen molar-refractivity contribution in [1.29, 1.82) is 0 Å². The number of aromatic nitrogens is 1. The van der Waals surface area contributed by atoms with E-state index in [2.05, 4.69) is 5.16 Å². The maximum absolute atomic E-state index is 11.4. The maximum atomic E-state index is 11.4. The first-order chi connectivity index (χ1) is 12.4. The van der Waals surface area contributed by atoms with Crippen LogP contribution in [0, 0.1) is 0 Å². The number of carboxylic acid groups (broad SMARTS) is 1. The number of primary sulfonamides is 1. The number of aliphatic carboxylic acids is 1. The molecule has 0 atom stereocenters. The number of carbonyl (C=O) groups is 1. The number of benzene rings is 2. The van der Waals surface area contributed by atoms with E-state index in [4.69, 9.17) is 14.8 Å². The summed E-state index contributed by atoms with van der Waals surface area (Å²) < 4.78 is 28.3. The van der Waals surface area contributed by atoms with Crippen molar-refractivity contribution in [2.45, 2.75) is 17.7 Å². The Balaban J connectivity index is 2.10. The molecule has 1 heterocycles. The summed E-state index contributed by atoms with van der Waals surface area (Å²) >= 11 is 0. The van der Waals surface area contributed by atoms with Gasteiger partial charge in [-0.2, -0.15) is 0 Å². The van der Waals surface area contributed by atoms with Gasteiger partial charge in [0.15, 0.2) is 0 Å². The SMILES string of the molecule is NS(=O)(=O)c1ccc(-c2c(-c3ccccc3)noc2CCC(=O)O)cc1. The molecule has 7 nitrogen and oxygen atoms in total. The molecule has 3 N–H and O–H groups in total. The zero-order valence-corrected chi connectivity index (χ0v) is 14.4. The standard InChI is InChI=1S/C18H16N2O5S/c19-26(23,24)14-8-6-12(7-9-14)17-15(10-11-16(21)22)25-20-18(17)13-4-2-1-3-5-13/h1-9H,10-11H2,(H,21,22)(H2,19,23,24). The Kier molecular flexibility index (Phi) is 4.88. The first-order valence-electron chi connectivity index (χ1n) is 7.75. The number of nitrogens with zero attached hydrogens (tertiary/aromatic N) is 1. The molecule has 0 fully saturated rings. The number of nitrogens with two attached hydrogens (primary N) is 1. The maximum Gasteiger partial charge on any atom is 0.303 e. The van der Waals surface area contributed by atoms with Crippen LogP contribution in [0.2, 0.25) is 0 Å². The van der Waals surface area contributed by atoms with E-state index in [0.717, 1.165) is 5.56 Å². The fraction of sp³-hybridized carbons (Fsp3) is 0.111. The van der Waals surface area contributed by atoms with Crippen LogP contribution in [0.3, 0.4) is 0 Å². The van der Waals surface area contributed by atoms with Crippen molar-refractivity contribution in [3.63, 3.8) is 0 Å². The smallest absolute Gasteiger partial charge is 0.303 e. The van der Waals surface area contributed by atoms with Crippen molar-refractivity contribution in [3.8, 4) is 22.4 Å². The van der Waals surface area contributed by atoms with Crippen molar-refractivity contribution in [1.82, 2.24) is 5.16 Å². The monoisotopic (exact) mass is 372 g/mol. The van der Waals surface area contributed by atoms with E-state index in [1.54, 1.807) is 12.1 Å². The Morgan fingerprint density at radius 2 is 1.69 bits per heavy atom. The molecule has 0 unspecified atom stereocenters. The lowest BCUT2D eigenvalue weighted by Gasteiger charge is -2.06. The molecule has 26 heavy (non-hydrogen) atoms. The molecule has 0 radical (unpaired) electrons. The molecule has 8 heteroatoms. The van der Waals surface area contributed by atoms with E-state index in [9.17, 15) is 13.2 Å². The third kappa shape index (κ3) is 3.81. The highest BCUT2D eigenvalue weighted by Gasteiger charge is 2.20. The van der Waals surface area contributed by atoms with Gasteiger partial charge in [-0.3, -0.25) is 4.79 Å². The molecule has 1 aromatic heterocycles. The third-order valence-electron chi connectivity index (χ3n) is 3.85. The van der Waals surface area contributed by atoms with Gasteiger partial charge in [-0.15, -0.1) is 0 Å². The average Bonchev–Trinajstić information content (AvgIpc) is 3.04. The number of aryl methyl sites for hydroxylation is 1. The van der Waals surface area contributed by atoms with Crippen LogP contribution in [0.15, 0.2) is 64.0 Å². The fourth-order valence-corrected chi connectivity index (χ4v) is 3.13. The van der Waals surface area contributed by atoms with Gasteiger partial charge in [0.1, 0.15) is 11.5 Å².